The van der Waals surface area contributed by atoms with Gasteiger partial charge in [0, 0.05) is 17.3 Å². The minimum atomic E-state index is -0.426. The third-order valence-corrected chi connectivity index (χ3v) is 3.98. The van der Waals surface area contributed by atoms with Crippen LogP contribution >= 0.6 is 0 Å². The fourth-order valence-corrected chi connectivity index (χ4v) is 2.77. The molecule has 108 valence electrons. The minimum Gasteiger partial charge on any atom is -0.382 e. The van der Waals surface area contributed by atoms with E-state index in [4.69, 9.17) is 5.73 Å². The quantitative estimate of drug-likeness (QED) is 0.905. The highest BCUT2D eigenvalue weighted by Crippen LogP contribution is 2.38. The third kappa shape index (κ3) is 3.05. The van der Waals surface area contributed by atoms with Crippen LogP contribution in [0.2, 0.25) is 0 Å². The molecule has 1 saturated carbocycles. The molecule has 0 bridgehead atoms. The number of rotatable bonds is 4. The molecule has 3 rings (SSSR count). The fraction of sp³-hybridized carbons (Fsp3) is 0.235. The van der Waals surface area contributed by atoms with Crippen molar-refractivity contribution < 1.29 is 9.18 Å². The maximum absolute atomic E-state index is 13.2. The van der Waals surface area contributed by atoms with Crippen LogP contribution in [0.25, 0.3) is 0 Å². The maximum Gasteiger partial charge on any atom is 0.248 e. The molecule has 21 heavy (non-hydrogen) atoms. The van der Waals surface area contributed by atoms with Crippen LogP contribution in [-0.4, -0.2) is 11.9 Å². The summed E-state index contributed by atoms with van der Waals surface area (Å²) in [7, 11) is 0. The average molecular weight is 284 g/mol. The van der Waals surface area contributed by atoms with E-state index in [1.165, 1.54) is 6.07 Å². The van der Waals surface area contributed by atoms with Gasteiger partial charge in [0.05, 0.1) is 0 Å². The molecular weight excluding hydrogens is 267 g/mol. The van der Waals surface area contributed by atoms with Crippen LogP contribution < -0.4 is 11.1 Å². The van der Waals surface area contributed by atoms with E-state index in [2.05, 4.69) is 5.32 Å². The first-order valence-electron chi connectivity index (χ1n) is 7.03. The third-order valence-electron chi connectivity index (χ3n) is 3.98. The first-order valence-corrected chi connectivity index (χ1v) is 7.03. The molecule has 1 aliphatic rings. The number of nitrogens with two attached hydrogens (primary N) is 1. The molecule has 0 atom stereocenters. The Morgan fingerprint density at radius 1 is 1.14 bits per heavy atom. The summed E-state index contributed by atoms with van der Waals surface area (Å²) in [5.74, 6) is -0.208. The molecule has 3 nitrogen and oxygen atoms in total. The van der Waals surface area contributed by atoms with Crippen molar-refractivity contribution in [3.8, 4) is 0 Å². The number of nitrogens with one attached hydrogen (secondary N) is 1. The summed E-state index contributed by atoms with van der Waals surface area (Å²) in [4.78, 5) is 11.2. The molecule has 0 aliphatic heterocycles. The number of anilines is 1. The molecule has 0 saturated heterocycles. The molecule has 3 N–H and O–H groups in total. The second kappa shape index (κ2) is 5.56. The van der Waals surface area contributed by atoms with Crippen molar-refractivity contribution in [1.29, 1.82) is 0 Å². The molecule has 1 amide bonds. The summed E-state index contributed by atoms with van der Waals surface area (Å²) in [6, 6.07) is 14.3. The number of benzene rings is 2. The van der Waals surface area contributed by atoms with E-state index >= 15 is 0 Å². The van der Waals surface area contributed by atoms with Crippen molar-refractivity contribution in [1.82, 2.24) is 0 Å². The Morgan fingerprint density at radius 3 is 2.62 bits per heavy atom. The predicted octanol–water partition coefficient (Wildman–Crippen LogP) is 3.28. The van der Waals surface area contributed by atoms with Gasteiger partial charge in [-0.15, -0.1) is 0 Å². The second-order valence-corrected chi connectivity index (χ2v) is 5.51. The summed E-state index contributed by atoms with van der Waals surface area (Å²) in [6.45, 7) is 0. The molecule has 0 radical (unpaired) electrons. The SMILES string of the molecule is NC(=O)c1cccc(NC2CC(c3cccc(F)c3)C2)c1. The van der Waals surface area contributed by atoms with Gasteiger partial charge >= 0.3 is 0 Å². The predicted molar refractivity (Wildman–Crippen MR) is 80.7 cm³/mol. The van der Waals surface area contributed by atoms with Crippen LogP contribution in [0.4, 0.5) is 10.1 Å². The summed E-state index contributed by atoms with van der Waals surface area (Å²) in [6.07, 6.45) is 1.93. The highest BCUT2D eigenvalue weighted by Gasteiger charge is 2.30. The smallest absolute Gasteiger partial charge is 0.248 e. The topological polar surface area (TPSA) is 55.1 Å². The number of primary amides is 1. The van der Waals surface area contributed by atoms with Gasteiger partial charge in [0.25, 0.3) is 0 Å². The Balaban J connectivity index is 1.60. The summed E-state index contributed by atoms with van der Waals surface area (Å²) in [5.41, 5.74) is 7.72. The molecule has 1 aliphatic carbocycles. The van der Waals surface area contributed by atoms with Crippen LogP contribution in [0.3, 0.4) is 0 Å². The standard InChI is InChI=1S/C17H17FN2O/c18-14-5-1-3-11(7-14)13-9-16(10-13)20-15-6-2-4-12(8-15)17(19)21/h1-8,13,16,20H,9-10H2,(H2,19,21). The lowest BCUT2D eigenvalue weighted by molar-refractivity contribution is 0.100. The van der Waals surface area contributed by atoms with E-state index in [9.17, 15) is 9.18 Å². The van der Waals surface area contributed by atoms with Crippen molar-refractivity contribution in [3.63, 3.8) is 0 Å². The van der Waals surface area contributed by atoms with Gasteiger partial charge in [-0.1, -0.05) is 18.2 Å². The Bertz CT molecular complexity index is 665. The van der Waals surface area contributed by atoms with E-state index in [0.717, 1.165) is 24.1 Å². The summed E-state index contributed by atoms with van der Waals surface area (Å²) in [5, 5.41) is 3.39. The normalized spacial score (nSPS) is 20.6. The number of halogens is 1. The van der Waals surface area contributed by atoms with Crippen LogP contribution in [0, 0.1) is 5.82 Å². The number of carbonyl (C=O) groups is 1. The number of hydrogen-bond acceptors (Lipinski definition) is 2. The van der Waals surface area contributed by atoms with Crippen LogP contribution in [0.15, 0.2) is 48.5 Å². The van der Waals surface area contributed by atoms with Gasteiger partial charge in [0.1, 0.15) is 5.82 Å². The molecule has 0 heterocycles. The lowest BCUT2D eigenvalue weighted by atomic mass is 9.76. The van der Waals surface area contributed by atoms with E-state index in [0.29, 0.717) is 17.5 Å². The van der Waals surface area contributed by atoms with Gasteiger partial charge in [-0.2, -0.15) is 0 Å². The van der Waals surface area contributed by atoms with E-state index in [1.807, 2.05) is 18.2 Å². The van der Waals surface area contributed by atoms with Crippen molar-refractivity contribution in [2.24, 2.45) is 5.73 Å². The first-order chi connectivity index (χ1) is 10.1. The average Bonchev–Trinajstić information content (AvgIpc) is 2.42. The Hall–Kier alpha value is -2.36. The number of amides is 1. The van der Waals surface area contributed by atoms with Crippen LogP contribution in [0.1, 0.15) is 34.7 Å². The van der Waals surface area contributed by atoms with Gasteiger partial charge in [-0.05, 0) is 54.7 Å². The molecule has 0 unspecified atom stereocenters. The first kappa shape index (κ1) is 13.6. The Kier molecular flexibility index (Phi) is 3.60. The van der Waals surface area contributed by atoms with Crippen LogP contribution in [0.5, 0.6) is 0 Å². The highest BCUT2D eigenvalue weighted by atomic mass is 19.1. The lowest BCUT2D eigenvalue weighted by Gasteiger charge is -2.37. The summed E-state index contributed by atoms with van der Waals surface area (Å²) < 4.78 is 13.2. The Labute approximate surface area is 123 Å². The fourth-order valence-electron chi connectivity index (χ4n) is 2.77. The van der Waals surface area contributed by atoms with Crippen molar-refractivity contribution in [2.75, 3.05) is 5.32 Å². The van der Waals surface area contributed by atoms with E-state index < -0.39 is 5.91 Å². The largest absolute Gasteiger partial charge is 0.382 e. The zero-order chi connectivity index (χ0) is 14.8. The monoisotopic (exact) mass is 284 g/mol. The van der Waals surface area contributed by atoms with Gasteiger partial charge in [0.15, 0.2) is 0 Å². The summed E-state index contributed by atoms with van der Waals surface area (Å²) >= 11 is 0. The highest BCUT2D eigenvalue weighted by molar-refractivity contribution is 5.93. The van der Waals surface area contributed by atoms with Crippen molar-refractivity contribution in [2.45, 2.75) is 24.8 Å². The number of hydrogen-bond donors (Lipinski definition) is 2. The van der Waals surface area contributed by atoms with Crippen molar-refractivity contribution >= 4 is 11.6 Å². The molecule has 1 fully saturated rings. The van der Waals surface area contributed by atoms with Gasteiger partial charge < -0.3 is 11.1 Å². The lowest BCUT2D eigenvalue weighted by Crippen LogP contribution is -2.34. The Morgan fingerprint density at radius 2 is 1.90 bits per heavy atom. The molecule has 2 aromatic rings. The molecule has 0 spiro atoms. The minimum absolute atomic E-state index is 0.182. The molecule has 4 heteroatoms. The van der Waals surface area contributed by atoms with Crippen LogP contribution in [-0.2, 0) is 0 Å². The van der Waals surface area contributed by atoms with E-state index in [-0.39, 0.29) is 5.82 Å². The van der Waals surface area contributed by atoms with Gasteiger partial charge in [-0.25, -0.2) is 4.39 Å². The van der Waals surface area contributed by atoms with Gasteiger partial charge in [-0.3, -0.25) is 4.79 Å². The van der Waals surface area contributed by atoms with Crippen molar-refractivity contribution in [3.05, 3.63) is 65.5 Å². The zero-order valence-electron chi connectivity index (χ0n) is 11.6. The number of carbonyl (C=O) groups excluding carboxylic acids is 1. The van der Waals surface area contributed by atoms with E-state index in [1.54, 1.807) is 24.3 Å². The maximum atomic E-state index is 13.2. The molecular formula is C17H17FN2O. The van der Waals surface area contributed by atoms with Gasteiger partial charge in [0.2, 0.25) is 5.91 Å². The zero-order valence-corrected chi connectivity index (χ0v) is 11.6. The molecule has 0 aromatic heterocycles. The second-order valence-electron chi connectivity index (χ2n) is 5.51. The molecule has 2 aromatic carbocycles.